The van der Waals surface area contributed by atoms with Crippen molar-refractivity contribution in [2.75, 3.05) is 19.0 Å². The summed E-state index contributed by atoms with van der Waals surface area (Å²) in [6.07, 6.45) is 0.00186. The minimum absolute atomic E-state index is 0.227. The van der Waals surface area contributed by atoms with Crippen molar-refractivity contribution in [3.8, 4) is 0 Å². The molecule has 37 heavy (non-hydrogen) atoms. The number of aliphatic carboxylic acids is 1. The number of hydrogen-bond donors (Lipinski definition) is 3. The van der Waals surface area contributed by atoms with Crippen LogP contribution in [0.25, 0.3) is 10.8 Å². The number of alkyl halides is 3. The van der Waals surface area contributed by atoms with Crippen LogP contribution < -0.4 is 10.6 Å². The second-order valence-electron chi connectivity index (χ2n) is 8.41. The molecule has 0 aliphatic heterocycles. The number of carbonyl (C=O) groups excluding carboxylic acids is 2. The molecular formula is C26H26F3N3O5. The molecular weight excluding hydrogens is 491 g/mol. The number of nitrogens with zero attached hydrogens (tertiary/aromatic N) is 1. The maximum absolute atomic E-state index is 13.1. The van der Waals surface area contributed by atoms with Gasteiger partial charge in [-0.25, -0.2) is 9.78 Å². The van der Waals surface area contributed by atoms with Crippen LogP contribution in [0.5, 0.6) is 0 Å². The number of nitrogens with one attached hydrogen (secondary N) is 2. The van der Waals surface area contributed by atoms with Crippen LogP contribution >= 0.6 is 0 Å². The Labute approximate surface area is 210 Å². The Kier molecular flexibility index (Phi) is 9.18. The number of benzene rings is 2. The summed E-state index contributed by atoms with van der Waals surface area (Å²) in [5.41, 5.74) is 2.18. The zero-order chi connectivity index (χ0) is 27.0. The number of rotatable bonds is 7. The van der Waals surface area contributed by atoms with E-state index in [0.717, 1.165) is 29.2 Å². The van der Waals surface area contributed by atoms with Crippen LogP contribution in [-0.4, -0.2) is 47.7 Å². The molecule has 0 bridgehead atoms. The first-order chi connectivity index (χ1) is 17.6. The summed E-state index contributed by atoms with van der Waals surface area (Å²) >= 11 is 0. The van der Waals surface area contributed by atoms with Gasteiger partial charge < -0.3 is 20.5 Å². The molecule has 8 nitrogen and oxygen atoms in total. The first kappa shape index (κ1) is 27.6. The van der Waals surface area contributed by atoms with Gasteiger partial charge in [-0.15, -0.1) is 0 Å². The lowest BCUT2D eigenvalue weighted by atomic mass is 9.85. The number of anilines is 1. The number of hydrogen-bond acceptors (Lipinski definition) is 5. The fourth-order valence-corrected chi connectivity index (χ4v) is 3.74. The maximum Gasteiger partial charge on any atom is 0.490 e. The highest BCUT2D eigenvalue weighted by Crippen LogP contribution is 2.26. The van der Waals surface area contributed by atoms with Crippen molar-refractivity contribution >= 4 is 34.2 Å². The number of amides is 2. The molecule has 1 aliphatic carbocycles. The van der Waals surface area contributed by atoms with E-state index in [1.807, 2.05) is 30.3 Å². The summed E-state index contributed by atoms with van der Waals surface area (Å²) in [6.45, 7) is 1.12. The maximum atomic E-state index is 13.1. The molecule has 1 aliphatic rings. The molecule has 11 heteroatoms. The SMILES string of the molecule is COCc1ccc(C(=O)Nc2cccnc2C(=O)NCC2CCC2)c2ccccc12.O=C(O)C(F)(F)F. The molecule has 0 unspecified atom stereocenters. The van der Waals surface area contributed by atoms with E-state index < -0.39 is 12.1 Å². The highest BCUT2D eigenvalue weighted by atomic mass is 19.4. The first-order valence-electron chi connectivity index (χ1n) is 11.5. The Bertz CT molecular complexity index is 1280. The van der Waals surface area contributed by atoms with E-state index in [-0.39, 0.29) is 17.5 Å². The van der Waals surface area contributed by atoms with E-state index in [2.05, 4.69) is 15.6 Å². The Morgan fingerprint density at radius 3 is 2.30 bits per heavy atom. The van der Waals surface area contributed by atoms with Gasteiger partial charge in [-0.3, -0.25) is 9.59 Å². The van der Waals surface area contributed by atoms with Crippen molar-refractivity contribution in [2.45, 2.75) is 32.0 Å². The number of ether oxygens (including phenoxy) is 1. The molecule has 2 amide bonds. The monoisotopic (exact) mass is 517 g/mol. The number of carboxylic acid groups (broad SMARTS) is 1. The van der Waals surface area contributed by atoms with Gasteiger partial charge >= 0.3 is 12.1 Å². The zero-order valence-electron chi connectivity index (χ0n) is 20.0. The van der Waals surface area contributed by atoms with Crippen LogP contribution in [0.3, 0.4) is 0 Å². The summed E-state index contributed by atoms with van der Waals surface area (Å²) < 4.78 is 37.0. The van der Waals surface area contributed by atoms with Gasteiger partial charge in [0.05, 0.1) is 12.3 Å². The lowest BCUT2D eigenvalue weighted by molar-refractivity contribution is -0.192. The third-order valence-corrected chi connectivity index (χ3v) is 5.85. The van der Waals surface area contributed by atoms with Crippen LogP contribution in [0.2, 0.25) is 0 Å². The summed E-state index contributed by atoms with van der Waals surface area (Å²) in [6, 6.07) is 14.8. The number of methoxy groups -OCH3 is 1. The minimum Gasteiger partial charge on any atom is -0.475 e. The molecule has 0 radical (unpaired) electrons. The Morgan fingerprint density at radius 2 is 1.70 bits per heavy atom. The van der Waals surface area contributed by atoms with Gasteiger partial charge in [0.2, 0.25) is 0 Å². The molecule has 4 rings (SSSR count). The average Bonchev–Trinajstić information content (AvgIpc) is 2.83. The zero-order valence-corrected chi connectivity index (χ0v) is 20.0. The van der Waals surface area contributed by atoms with Crippen LogP contribution in [0.15, 0.2) is 54.7 Å². The van der Waals surface area contributed by atoms with E-state index in [9.17, 15) is 22.8 Å². The van der Waals surface area contributed by atoms with Crippen molar-refractivity contribution in [3.05, 3.63) is 71.5 Å². The fourth-order valence-electron chi connectivity index (χ4n) is 3.74. The molecule has 3 N–H and O–H groups in total. The quantitative estimate of drug-likeness (QED) is 0.415. The third kappa shape index (κ3) is 7.26. The molecule has 0 spiro atoms. The van der Waals surface area contributed by atoms with E-state index in [1.54, 1.807) is 31.5 Å². The van der Waals surface area contributed by atoms with Gasteiger partial charge in [0.1, 0.15) is 0 Å². The third-order valence-electron chi connectivity index (χ3n) is 5.85. The Balaban J connectivity index is 0.000000479. The molecule has 1 saturated carbocycles. The van der Waals surface area contributed by atoms with Gasteiger partial charge in [-0.1, -0.05) is 36.8 Å². The second-order valence-corrected chi connectivity index (χ2v) is 8.41. The Hall–Kier alpha value is -3.99. The van der Waals surface area contributed by atoms with Crippen molar-refractivity contribution < 1.29 is 37.4 Å². The summed E-state index contributed by atoms with van der Waals surface area (Å²) in [4.78, 5) is 38.8. The van der Waals surface area contributed by atoms with E-state index in [4.69, 9.17) is 14.6 Å². The van der Waals surface area contributed by atoms with Crippen molar-refractivity contribution in [3.63, 3.8) is 0 Å². The van der Waals surface area contributed by atoms with E-state index in [1.165, 1.54) is 6.42 Å². The smallest absolute Gasteiger partial charge is 0.475 e. The van der Waals surface area contributed by atoms with Crippen LogP contribution in [0, 0.1) is 5.92 Å². The molecule has 1 aromatic heterocycles. The predicted molar refractivity (Wildman–Crippen MR) is 130 cm³/mol. The number of halogens is 3. The number of carboxylic acids is 1. The number of fused-ring (bicyclic) bond motifs is 1. The largest absolute Gasteiger partial charge is 0.490 e. The summed E-state index contributed by atoms with van der Waals surface area (Å²) in [5, 5.41) is 14.7. The van der Waals surface area contributed by atoms with Gasteiger partial charge in [-0.2, -0.15) is 13.2 Å². The molecule has 3 aromatic rings. The van der Waals surface area contributed by atoms with Gasteiger partial charge in [-0.05, 0) is 53.3 Å². The molecule has 1 heterocycles. The van der Waals surface area contributed by atoms with Crippen molar-refractivity contribution in [2.24, 2.45) is 5.92 Å². The van der Waals surface area contributed by atoms with Gasteiger partial charge in [0.25, 0.3) is 11.8 Å². The van der Waals surface area contributed by atoms with Crippen LogP contribution in [-0.2, 0) is 16.1 Å². The number of aromatic nitrogens is 1. The number of carbonyl (C=O) groups is 3. The number of pyridine rings is 1. The molecule has 1 fully saturated rings. The summed E-state index contributed by atoms with van der Waals surface area (Å²) in [5.74, 6) is -2.76. The minimum atomic E-state index is -5.08. The molecule has 0 saturated heterocycles. The highest BCUT2D eigenvalue weighted by Gasteiger charge is 2.38. The van der Waals surface area contributed by atoms with Gasteiger partial charge in [0, 0.05) is 25.4 Å². The average molecular weight is 518 g/mol. The summed E-state index contributed by atoms with van der Waals surface area (Å²) in [7, 11) is 1.65. The highest BCUT2D eigenvalue weighted by molar-refractivity contribution is 6.15. The van der Waals surface area contributed by atoms with E-state index in [0.29, 0.717) is 30.3 Å². The van der Waals surface area contributed by atoms with Crippen LogP contribution in [0.1, 0.15) is 45.7 Å². The normalized spacial score (nSPS) is 13.2. The van der Waals surface area contributed by atoms with Gasteiger partial charge in [0.15, 0.2) is 5.69 Å². The Morgan fingerprint density at radius 1 is 1.03 bits per heavy atom. The standard InChI is InChI=1S/C24H25N3O3.C2HF3O2/c1-30-15-17-11-12-20(19-9-3-2-8-18(17)19)23(28)27-21-10-5-13-25-22(21)24(29)26-14-16-6-4-7-16;3-2(4,5)1(6)7/h2-3,5,8-13,16H,4,6-7,14-15H2,1H3,(H,26,29)(H,27,28);(H,6,7). The van der Waals surface area contributed by atoms with E-state index >= 15 is 0 Å². The van der Waals surface area contributed by atoms with Crippen molar-refractivity contribution in [1.29, 1.82) is 0 Å². The lowest BCUT2D eigenvalue weighted by Crippen LogP contribution is -2.33. The molecule has 196 valence electrons. The fraction of sp³-hybridized carbons (Fsp3) is 0.308. The molecule has 2 aromatic carbocycles. The molecule has 0 atom stereocenters. The predicted octanol–water partition coefficient (Wildman–Crippen LogP) is 4.80. The lowest BCUT2D eigenvalue weighted by Gasteiger charge is -2.25. The topological polar surface area (TPSA) is 118 Å². The second kappa shape index (κ2) is 12.3. The van der Waals surface area contributed by atoms with Crippen molar-refractivity contribution in [1.82, 2.24) is 10.3 Å². The van der Waals surface area contributed by atoms with Crippen LogP contribution in [0.4, 0.5) is 18.9 Å². The first-order valence-corrected chi connectivity index (χ1v) is 11.5.